The third-order valence-electron chi connectivity index (χ3n) is 5.58. The summed E-state index contributed by atoms with van der Waals surface area (Å²) in [5.41, 5.74) is 2.10. The number of anilines is 1. The molecule has 0 atom stereocenters. The first-order chi connectivity index (χ1) is 14.8. The van der Waals surface area contributed by atoms with Crippen LogP contribution < -0.4 is 5.32 Å². The second-order valence-corrected chi connectivity index (χ2v) is 10.1. The van der Waals surface area contributed by atoms with Crippen LogP contribution in [0.15, 0.2) is 47.4 Å². The standard InChI is InChI=1S/C22H25ClN4O3S/c1-26-20-9-8-18(31(29,30)27-12-3-2-4-13-27)15-19(20)25-21(26)10-11-22(28)24-17-7-5-6-16(23)14-17/h5-9,14-15H,2-4,10-13H2,1H3,(H,24,28). The number of carbonyl (C=O) groups excluding carboxylic acids is 1. The highest BCUT2D eigenvalue weighted by molar-refractivity contribution is 7.89. The van der Waals surface area contributed by atoms with E-state index in [4.69, 9.17) is 11.6 Å². The third kappa shape index (κ3) is 4.76. The van der Waals surface area contributed by atoms with Crippen LogP contribution >= 0.6 is 11.6 Å². The van der Waals surface area contributed by atoms with Crippen molar-refractivity contribution in [1.82, 2.24) is 13.9 Å². The topological polar surface area (TPSA) is 84.3 Å². The van der Waals surface area contributed by atoms with E-state index in [1.807, 2.05) is 11.6 Å². The third-order valence-corrected chi connectivity index (χ3v) is 7.71. The molecule has 1 aliphatic rings. The van der Waals surface area contributed by atoms with E-state index in [1.54, 1.807) is 46.8 Å². The lowest BCUT2D eigenvalue weighted by Crippen LogP contribution is -2.35. The Morgan fingerprint density at radius 3 is 2.65 bits per heavy atom. The number of sulfonamides is 1. The van der Waals surface area contributed by atoms with Crippen molar-refractivity contribution in [2.45, 2.75) is 37.0 Å². The van der Waals surface area contributed by atoms with E-state index in [9.17, 15) is 13.2 Å². The van der Waals surface area contributed by atoms with Gasteiger partial charge < -0.3 is 9.88 Å². The SMILES string of the molecule is Cn1c(CCC(=O)Nc2cccc(Cl)c2)nc2cc(S(=O)(=O)N3CCCCC3)ccc21. The number of imidazole rings is 1. The van der Waals surface area contributed by atoms with Gasteiger partial charge >= 0.3 is 0 Å². The average molecular weight is 461 g/mol. The number of carbonyl (C=O) groups is 1. The number of hydrogen-bond acceptors (Lipinski definition) is 4. The van der Waals surface area contributed by atoms with E-state index in [0.29, 0.717) is 35.7 Å². The van der Waals surface area contributed by atoms with Crippen molar-refractivity contribution in [3.63, 3.8) is 0 Å². The first kappa shape index (κ1) is 21.8. The smallest absolute Gasteiger partial charge is 0.243 e. The highest BCUT2D eigenvalue weighted by atomic mass is 35.5. The fraction of sp³-hybridized carbons (Fsp3) is 0.364. The van der Waals surface area contributed by atoms with E-state index < -0.39 is 10.0 Å². The Labute approximate surface area is 187 Å². The van der Waals surface area contributed by atoms with Crippen LogP contribution in [0.2, 0.25) is 5.02 Å². The van der Waals surface area contributed by atoms with Crippen molar-refractivity contribution in [1.29, 1.82) is 0 Å². The van der Waals surface area contributed by atoms with Gasteiger partial charge in [0.05, 0.1) is 15.9 Å². The molecule has 7 nitrogen and oxygen atoms in total. The van der Waals surface area contributed by atoms with Gasteiger partial charge in [-0.1, -0.05) is 24.1 Å². The van der Waals surface area contributed by atoms with Gasteiger partial charge in [-0.05, 0) is 49.2 Å². The zero-order valence-corrected chi connectivity index (χ0v) is 18.9. The number of amides is 1. The van der Waals surface area contributed by atoms with Crippen molar-refractivity contribution in [3.05, 3.63) is 53.3 Å². The van der Waals surface area contributed by atoms with E-state index in [2.05, 4.69) is 10.3 Å². The molecule has 1 fully saturated rings. The molecule has 0 aliphatic carbocycles. The van der Waals surface area contributed by atoms with Crippen LogP contribution in [-0.4, -0.2) is 41.3 Å². The van der Waals surface area contributed by atoms with Crippen LogP contribution in [0.4, 0.5) is 5.69 Å². The summed E-state index contributed by atoms with van der Waals surface area (Å²) in [4.78, 5) is 17.2. The minimum Gasteiger partial charge on any atom is -0.331 e. The normalized spacial score (nSPS) is 15.3. The van der Waals surface area contributed by atoms with E-state index >= 15 is 0 Å². The Morgan fingerprint density at radius 2 is 1.90 bits per heavy atom. The number of rotatable bonds is 6. The Hall–Kier alpha value is -2.42. The Morgan fingerprint density at radius 1 is 1.13 bits per heavy atom. The first-order valence-corrected chi connectivity index (χ1v) is 12.2. The maximum absolute atomic E-state index is 13.0. The Kier molecular flexibility index (Phi) is 6.31. The van der Waals surface area contributed by atoms with Crippen molar-refractivity contribution < 1.29 is 13.2 Å². The molecule has 1 aliphatic heterocycles. The molecule has 0 radical (unpaired) electrons. The Balaban J connectivity index is 1.49. The monoisotopic (exact) mass is 460 g/mol. The van der Waals surface area contributed by atoms with Crippen molar-refractivity contribution in [2.75, 3.05) is 18.4 Å². The molecule has 1 N–H and O–H groups in total. The van der Waals surface area contributed by atoms with E-state index in [-0.39, 0.29) is 17.2 Å². The number of nitrogens with zero attached hydrogens (tertiary/aromatic N) is 3. The molecule has 0 bridgehead atoms. The molecule has 1 saturated heterocycles. The molecule has 2 aromatic carbocycles. The summed E-state index contributed by atoms with van der Waals surface area (Å²) in [6, 6.07) is 12.1. The molecule has 1 amide bonds. The number of nitrogens with one attached hydrogen (secondary N) is 1. The second-order valence-electron chi connectivity index (χ2n) is 7.76. The molecular formula is C22H25ClN4O3S. The van der Waals surface area contributed by atoms with Crippen molar-refractivity contribution in [2.24, 2.45) is 7.05 Å². The number of hydrogen-bond donors (Lipinski definition) is 1. The fourth-order valence-corrected chi connectivity index (χ4v) is 5.61. The van der Waals surface area contributed by atoms with Crippen molar-refractivity contribution in [3.8, 4) is 0 Å². The maximum Gasteiger partial charge on any atom is 0.243 e. The van der Waals surface area contributed by atoms with Crippen LogP contribution in [0.3, 0.4) is 0 Å². The molecule has 9 heteroatoms. The number of benzene rings is 2. The summed E-state index contributed by atoms with van der Waals surface area (Å²) in [6.45, 7) is 1.13. The first-order valence-electron chi connectivity index (χ1n) is 10.4. The van der Waals surface area contributed by atoms with Gasteiger partial charge in [0, 0.05) is 43.7 Å². The lowest BCUT2D eigenvalue weighted by molar-refractivity contribution is -0.116. The molecule has 0 saturated carbocycles. The molecular weight excluding hydrogens is 436 g/mol. The van der Waals surface area contributed by atoms with Crippen LogP contribution in [-0.2, 0) is 28.3 Å². The maximum atomic E-state index is 13.0. The van der Waals surface area contributed by atoms with Gasteiger partial charge in [-0.25, -0.2) is 13.4 Å². The number of fused-ring (bicyclic) bond motifs is 1. The molecule has 0 unspecified atom stereocenters. The van der Waals surface area contributed by atoms with Crippen LogP contribution in [0.5, 0.6) is 0 Å². The summed E-state index contributed by atoms with van der Waals surface area (Å²) < 4.78 is 29.4. The molecule has 2 heterocycles. The predicted molar refractivity (Wildman–Crippen MR) is 122 cm³/mol. The van der Waals surface area contributed by atoms with Gasteiger partial charge in [-0.2, -0.15) is 4.31 Å². The van der Waals surface area contributed by atoms with Crippen LogP contribution in [0.1, 0.15) is 31.5 Å². The summed E-state index contributed by atoms with van der Waals surface area (Å²) in [5, 5.41) is 3.39. The van der Waals surface area contributed by atoms with Gasteiger partial charge in [0.1, 0.15) is 5.82 Å². The molecule has 1 aromatic heterocycles. The minimum atomic E-state index is -3.51. The second kappa shape index (κ2) is 8.98. The van der Waals surface area contributed by atoms with E-state index in [1.165, 1.54) is 0 Å². The average Bonchev–Trinajstić information content (AvgIpc) is 3.08. The molecule has 0 spiro atoms. The number of aryl methyl sites for hydroxylation is 2. The zero-order chi connectivity index (χ0) is 22.0. The highest BCUT2D eigenvalue weighted by Crippen LogP contribution is 2.25. The van der Waals surface area contributed by atoms with E-state index in [0.717, 1.165) is 30.6 Å². The summed E-state index contributed by atoms with van der Waals surface area (Å²) >= 11 is 5.95. The van der Waals surface area contributed by atoms with Crippen molar-refractivity contribution >= 4 is 44.3 Å². The minimum absolute atomic E-state index is 0.136. The van der Waals surface area contributed by atoms with Crippen LogP contribution in [0.25, 0.3) is 11.0 Å². The summed E-state index contributed by atoms with van der Waals surface area (Å²) in [5.74, 6) is 0.589. The lowest BCUT2D eigenvalue weighted by atomic mass is 10.2. The number of aromatic nitrogens is 2. The van der Waals surface area contributed by atoms with Gasteiger partial charge in [0.15, 0.2) is 0 Å². The molecule has 4 rings (SSSR count). The highest BCUT2D eigenvalue weighted by Gasteiger charge is 2.26. The quantitative estimate of drug-likeness (QED) is 0.603. The Bertz CT molecular complexity index is 1220. The van der Waals surface area contributed by atoms with Gasteiger partial charge in [-0.3, -0.25) is 4.79 Å². The van der Waals surface area contributed by atoms with Crippen LogP contribution in [0, 0.1) is 0 Å². The summed E-state index contributed by atoms with van der Waals surface area (Å²) in [6.07, 6.45) is 3.55. The predicted octanol–water partition coefficient (Wildman–Crippen LogP) is 3.97. The largest absolute Gasteiger partial charge is 0.331 e. The zero-order valence-electron chi connectivity index (χ0n) is 17.3. The molecule has 164 valence electrons. The van der Waals surface area contributed by atoms with Gasteiger partial charge in [0.2, 0.25) is 15.9 Å². The van der Waals surface area contributed by atoms with Gasteiger partial charge in [0.25, 0.3) is 0 Å². The number of piperidine rings is 1. The fourth-order valence-electron chi connectivity index (χ4n) is 3.88. The molecule has 3 aromatic rings. The summed E-state index contributed by atoms with van der Waals surface area (Å²) in [7, 11) is -1.64. The molecule has 31 heavy (non-hydrogen) atoms. The number of halogens is 1. The lowest BCUT2D eigenvalue weighted by Gasteiger charge is -2.25. The van der Waals surface area contributed by atoms with Gasteiger partial charge in [-0.15, -0.1) is 0 Å².